The molecular formula is C37H37IN4O8. The molecule has 12 nitrogen and oxygen atoms in total. The molecule has 50 heavy (non-hydrogen) atoms. The molecule has 260 valence electrons. The van der Waals surface area contributed by atoms with Crippen LogP contribution in [0.2, 0.25) is 0 Å². The summed E-state index contributed by atoms with van der Waals surface area (Å²) in [7, 11) is 1.45. The van der Waals surface area contributed by atoms with Crippen LogP contribution in [0, 0.1) is 3.57 Å². The fraction of sp³-hybridized carbons (Fsp3) is 0.243. The summed E-state index contributed by atoms with van der Waals surface area (Å²) in [6.45, 7) is 5.87. The Bertz CT molecular complexity index is 1960. The van der Waals surface area contributed by atoms with Crippen LogP contribution in [0.1, 0.15) is 43.5 Å². The Balaban J connectivity index is 1.21. The number of nitrogens with zero attached hydrogens (tertiary/aromatic N) is 1. The van der Waals surface area contributed by atoms with E-state index in [1.54, 1.807) is 38.1 Å². The van der Waals surface area contributed by atoms with Crippen molar-refractivity contribution < 1.29 is 38.1 Å². The number of amides is 3. The minimum Gasteiger partial charge on any atom is -0.493 e. The Morgan fingerprint density at radius 2 is 1.74 bits per heavy atom. The van der Waals surface area contributed by atoms with Gasteiger partial charge in [0.2, 0.25) is 0 Å². The van der Waals surface area contributed by atoms with E-state index in [9.17, 15) is 14.4 Å². The molecule has 1 atom stereocenters. The number of benzene rings is 4. The van der Waals surface area contributed by atoms with Gasteiger partial charge in [0.05, 0.1) is 41.7 Å². The molecular weight excluding hydrogens is 755 g/mol. The smallest absolute Gasteiger partial charge is 0.338 e. The fourth-order valence-corrected chi connectivity index (χ4v) is 6.18. The Hall–Kier alpha value is -5.31. The van der Waals surface area contributed by atoms with Gasteiger partial charge >= 0.3 is 12.0 Å². The molecule has 1 aliphatic heterocycles. The fourth-order valence-electron chi connectivity index (χ4n) is 5.39. The summed E-state index contributed by atoms with van der Waals surface area (Å²) in [4.78, 5) is 37.5. The first-order valence-electron chi connectivity index (χ1n) is 15.9. The lowest BCUT2D eigenvalue weighted by molar-refractivity contribution is -0.139. The highest BCUT2D eigenvalue weighted by Gasteiger charge is 2.32. The number of urea groups is 1. The van der Waals surface area contributed by atoms with Crippen LogP contribution in [0.25, 0.3) is 10.8 Å². The first-order chi connectivity index (χ1) is 24.2. The zero-order valence-corrected chi connectivity index (χ0v) is 30.2. The zero-order chi connectivity index (χ0) is 35.6. The van der Waals surface area contributed by atoms with Crippen molar-refractivity contribution in [2.24, 2.45) is 5.10 Å². The highest BCUT2D eigenvalue weighted by Crippen LogP contribution is 2.36. The number of esters is 1. The minimum atomic E-state index is -0.778. The lowest BCUT2D eigenvalue weighted by atomic mass is 9.95. The van der Waals surface area contributed by atoms with E-state index in [2.05, 4.69) is 62.0 Å². The van der Waals surface area contributed by atoms with E-state index in [1.165, 1.54) is 13.3 Å². The van der Waals surface area contributed by atoms with Crippen molar-refractivity contribution in [2.45, 2.75) is 33.4 Å². The summed E-state index contributed by atoms with van der Waals surface area (Å²) in [5.74, 6) is 0.716. The van der Waals surface area contributed by atoms with Crippen LogP contribution in [-0.4, -0.2) is 51.1 Å². The van der Waals surface area contributed by atoms with Crippen molar-refractivity contribution in [3.8, 4) is 23.0 Å². The van der Waals surface area contributed by atoms with Gasteiger partial charge in [-0.25, -0.2) is 15.0 Å². The summed E-state index contributed by atoms with van der Waals surface area (Å²) in [5.41, 5.74) is 5.45. The molecule has 4 aromatic rings. The Morgan fingerprint density at radius 1 is 0.940 bits per heavy atom. The SMILES string of the molecule is CCOC(=O)C1=C(C)NC(=O)N[C@H]1c1ccc(OCC(=O)N/N=C\c2cc(I)c(OCc3cccc4ccccc34)c(OCC)c2)c(OC)c1. The molecule has 0 saturated carbocycles. The number of methoxy groups -OCH3 is 1. The van der Waals surface area contributed by atoms with Gasteiger partial charge in [-0.05, 0) is 95.1 Å². The molecule has 0 unspecified atom stereocenters. The maximum Gasteiger partial charge on any atom is 0.338 e. The monoisotopic (exact) mass is 792 g/mol. The van der Waals surface area contributed by atoms with E-state index in [-0.39, 0.29) is 24.5 Å². The molecule has 13 heteroatoms. The second-order valence-corrected chi connectivity index (χ2v) is 12.1. The van der Waals surface area contributed by atoms with E-state index in [4.69, 9.17) is 23.7 Å². The Kier molecular flexibility index (Phi) is 12.1. The second-order valence-electron chi connectivity index (χ2n) is 11.0. The van der Waals surface area contributed by atoms with Crippen molar-refractivity contribution >= 4 is 57.5 Å². The lowest BCUT2D eigenvalue weighted by Gasteiger charge is -2.28. The number of halogens is 1. The van der Waals surface area contributed by atoms with E-state index in [0.717, 1.165) is 19.9 Å². The van der Waals surface area contributed by atoms with Crippen LogP contribution in [0.5, 0.6) is 23.0 Å². The summed E-state index contributed by atoms with van der Waals surface area (Å²) < 4.78 is 29.4. The largest absolute Gasteiger partial charge is 0.493 e. The number of hydrogen-bond acceptors (Lipinski definition) is 9. The molecule has 0 fully saturated rings. The number of carbonyl (C=O) groups excluding carboxylic acids is 3. The summed E-state index contributed by atoms with van der Waals surface area (Å²) in [6.07, 6.45) is 1.51. The number of nitrogens with one attached hydrogen (secondary N) is 3. The molecule has 3 N–H and O–H groups in total. The summed E-state index contributed by atoms with van der Waals surface area (Å²) in [6, 6.07) is 21.7. The van der Waals surface area contributed by atoms with Gasteiger partial charge in [-0.1, -0.05) is 48.5 Å². The number of carbonyl (C=O) groups is 3. The van der Waals surface area contributed by atoms with Gasteiger partial charge in [-0.3, -0.25) is 4.79 Å². The van der Waals surface area contributed by atoms with Crippen molar-refractivity contribution in [3.05, 3.63) is 104 Å². The summed E-state index contributed by atoms with van der Waals surface area (Å²) in [5, 5.41) is 11.7. The average Bonchev–Trinajstić information content (AvgIpc) is 3.10. The molecule has 0 spiro atoms. The molecule has 5 rings (SSSR count). The van der Waals surface area contributed by atoms with Crippen molar-refractivity contribution in [1.29, 1.82) is 0 Å². The Morgan fingerprint density at radius 3 is 2.52 bits per heavy atom. The molecule has 0 radical (unpaired) electrons. The number of allylic oxidation sites excluding steroid dienone is 1. The average molecular weight is 793 g/mol. The van der Waals surface area contributed by atoms with E-state index >= 15 is 0 Å². The number of rotatable bonds is 14. The normalized spacial score (nSPS) is 14.2. The van der Waals surface area contributed by atoms with Gasteiger partial charge in [0.15, 0.2) is 29.6 Å². The third-order valence-corrected chi connectivity index (χ3v) is 8.43. The first kappa shape index (κ1) is 36.0. The van der Waals surface area contributed by atoms with Gasteiger partial charge in [0.1, 0.15) is 6.61 Å². The van der Waals surface area contributed by atoms with E-state index < -0.39 is 23.9 Å². The van der Waals surface area contributed by atoms with Gasteiger partial charge in [0, 0.05) is 5.70 Å². The molecule has 1 heterocycles. The molecule has 0 bridgehead atoms. The van der Waals surface area contributed by atoms with E-state index in [0.29, 0.717) is 47.3 Å². The second kappa shape index (κ2) is 16.9. The highest BCUT2D eigenvalue weighted by atomic mass is 127. The first-order valence-corrected chi connectivity index (χ1v) is 16.9. The van der Waals surface area contributed by atoms with Crippen LogP contribution >= 0.6 is 22.6 Å². The molecule has 0 saturated heterocycles. The molecule has 3 amide bonds. The van der Waals surface area contributed by atoms with Crippen molar-refractivity contribution in [3.63, 3.8) is 0 Å². The topological polar surface area (TPSA) is 146 Å². The predicted molar refractivity (Wildman–Crippen MR) is 197 cm³/mol. The molecule has 4 aromatic carbocycles. The van der Waals surface area contributed by atoms with Gasteiger partial charge in [-0.2, -0.15) is 5.10 Å². The molecule has 1 aliphatic rings. The maximum atomic E-state index is 12.7. The lowest BCUT2D eigenvalue weighted by Crippen LogP contribution is -2.45. The zero-order valence-electron chi connectivity index (χ0n) is 28.0. The van der Waals surface area contributed by atoms with Gasteiger partial charge < -0.3 is 34.3 Å². The molecule has 0 aliphatic carbocycles. The Labute approximate surface area is 303 Å². The number of hydrazone groups is 1. The predicted octanol–water partition coefficient (Wildman–Crippen LogP) is 6.15. The standard InChI is InChI=1S/C37H37IN4O8/c1-5-47-31-17-23(16-28(38)35(31)50-20-26-12-9-11-24-10-7-8-13-27(24)26)19-39-42-32(43)21-49-29-15-14-25(18-30(29)46-4)34-33(36(44)48-6-2)22(3)40-37(45)41-34/h7-19,34H,5-6,20-21H2,1-4H3,(H,42,43)(H2,40,41,45)/b39-19-/t34-/m0/s1. The third kappa shape index (κ3) is 8.64. The number of fused-ring (bicyclic) bond motifs is 1. The van der Waals surface area contributed by atoms with Gasteiger partial charge in [-0.15, -0.1) is 0 Å². The third-order valence-electron chi connectivity index (χ3n) is 7.63. The van der Waals surface area contributed by atoms with Crippen molar-refractivity contribution in [2.75, 3.05) is 26.9 Å². The maximum absolute atomic E-state index is 12.7. The van der Waals surface area contributed by atoms with Crippen molar-refractivity contribution in [1.82, 2.24) is 16.1 Å². The van der Waals surface area contributed by atoms with Crippen LogP contribution in [0.3, 0.4) is 0 Å². The van der Waals surface area contributed by atoms with Crippen LogP contribution < -0.4 is 35.0 Å². The highest BCUT2D eigenvalue weighted by molar-refractivity contribution is 14.1. The van der Waals surface area contributed by atoms with Crippen LogP contribution in [-0.2, 0) is 20.9 Å². The number of ether oxygens (including phenoxy) is 5. The van der Waals surface area contributed by atoms with Crippen LogP contribution in [0.4, 0.5) is 4.79 Å². The van der Waals surface area contributed by atoms with Gasteiger partial charge in [0.25, 0.3) is 5.91 Å². The molecule has 0 aromatic heterocycles. The van der Waals surface area contributed by atoms with E-state index in [1.807, 2.05) is 37.3 Å². The summed E-state index contributed by atoms with van der Waals surface area (Å²) >= 11 is 2.19. The number of hydrogen-bond donors (Lipinski definition) is 3. The minimum absolute atomic E-state index is 0.181. The quantitative estimate of drug-likeness (QED) is 0.0597. The van der Waals surface area contributed by atoms with Crippen LogP contribution in [0.15, 0.2) is 89.2 Å².